The number of hydrogen-bond acceptors (Lipinski definition) is 3. The van der Waals surface area contributed by atoms with E-state index in [1.165, 1.54) is 17.7 Å². The average Bonchev–Trinajstić information content (AvgIpc) is 3.00. The van der Waals surface area contributed by atoms with E-state index in [0.717, 1.165) is 32.5 Å². The molecule has 1 aliphatic carbocycles. The Hall–Kier alpha value is -1.07. The Balaban J connectivity index is 1.65. The van der Waals surface area contributed by atoms with E-state index >= 15 is 0 Å². The number of nitrogens with two attached hydrogens (primary N) is 1. The van der Waals surface area contributed by atoms with Crippen LogP contribution in [0.2, 0.25) is 0 Å². The van der Waals surface area contributed by atoms with Gasteiger partial charge in [-0.15, -0.1) is 11.3 Å². The summed E-state index contributed by atoms with van der Waals surface area (Å²) in [5, 5.41) is 5.28. The minimum atomic E-state index is 0.371. The highest BCUT2D eigenvalue weighted by molar-refractivity contribution is 7.09. The molecule has 4 nitrogen and oxygen atoms in total. The fourth-order valence-electron chi connectivity index (χ4n) is 2.06. The lowest BCUT2D eigenvalue weighted by molar-refractivity contribution is 0.174. The molecule has 0 amide bonds. The summed E-state index contributed by atoms with van der Waals surface area (Å²) in [7, 11) is 1.75. The summed E-state index contributed by atoms with van der Waals surface area (Å²) in [6.45, 7) is 2.50. The number of aliphatic imine (C=N–C) groups is 1. The zero-order chi connectivity index (χ0) is 13.6. The first kappa shape index (κ1) is 14.3. The van der Waals surface area contributed by atoms with Gasteiger partial charge < -0.3 is 15.8 Å². The van der Waals surface area contributed by atoms with Gasteiger partial charge in [-0.2, -0.15) is 0 Å². The second-order valence-electron chi connectivity index (χ2n) is 5.20. The van der Waals surface area contributed by atoms with E-state index in [9.17, 15) is 0 Å². The Bertz CT molecular complexity index is 399. The smallest absolute Gasteiger partial charge is 0.188 e. The van der Waals surface area contributed by atoms with Gasteiger partial charge in [0.15, 0.2) is 5.96 Å². The van der Waals surface area contributed by atoms with Crippen LogP contribution in [-0.4, -0.2) is 32.8 Å². The van der Waals surface area contributed by atoms with Gasteiger partial charge in [-0.05, 0) is 42.5 Å². The van der Waals surface area contributed by atoms with Crippen molar-refractivity contribution < 1.29 is 4.74 Å². The fourth-order valence-corrected chi connectivity index (χ4v) is 2.77. The van der Waals surface area contributed by atoms with Gasteiger partial charge in [0.05, 0.1) is 0 Å². The third kappa shape index (κ3) is 4.84. The van der Waals surface area contributed by atoms with Crippen LogP contribution < -0.4 is 11.1 Å². The van der Waals surface area contributed by atoms with E-state index in [4.69, 9.17) is 10.5 Å². The van der Waals surface area contributed by atoms with Crippen LogP contribution >= 0.6 is 11.3 Å². The zero-order valence-electron chi connectivity index (χ0n) is 11.5. The second-order valence-corrected chi connectivity index (χ2v) is 6.23. The quantitative estimate of drug-likeness (QED) is 0.566. The molecule has 0 spiro atoms. The van der Waals surface area contributed by atoms with Gasteiger partial charge in [-0.25, -0.2) is 0 Å². The number of nitrogens with zero attached hydrogens (tertiary/aromatic N) is 1. The third-order valence-corrected chi connectivity index (χ3v) is 4.57. The summed E-state index contributed by atoms with van der Waals surface area (Å²) in [6.07, 6.45) is 4.60. The molecule has 1 aromatic rings. The fraction of sp³-hybridized carbons (Fsp3) is 0.643. The lowest BCUT2D eigenvalue weighted by Gasteiger charge is -2.12. The van der Waals surface area contributed by atoms with E-state index in [1.54, 1.807) is 18.4 Å². The molecule has 1 aliphatic rings. The predicted octanol–water partition coefficient (Wildman–Crippen LogP) is 2.01. The predicted molar refractivity (Wildman–Crippen MR) is 80.7 cm³/mol. The summed E-state index contributed by atoms with van der Waals surface area (Å²) in [5.41, 5.74) is 6.26. The third-order valence-electron chi connectivity index (χ3n) is 3.64. The number of ether oxygens (including phenoxy) is 1. The molecule has 1 heterocycles. The van der Waals surface area contributed by atoms with E-state index in [2.05, 4.69) is 27.8 Å². The van der Waals surface area contributed by atoms with Gasteiger partial charge in [0, 0.05) is 31.7 Å². The monoisotopic (exact) mass is 281 g/mol. The van der Waals surface area contributed by atoms with Gasteiger partial charge in [0.2, 0.25) is 0 Å². The average molecular weight is 281 g/mol. The molecule has 1 saturated carbocycles. The van der Waals surface area contributed by atoms with E-state index in [-0.39, 0.29) is 0 Å². The van der Waals surface area contributed by atoms with Crippen LogP contribution in [0.15, 0.2) is 22.5 Å². The first-order chi connectivity index (χ1) is 9.24. The zero-order valence-corrected chi connectivity index (χ0v) is 12.3. The molecule has 1 aromatic heterocycles. The minimum Gasteiger partial charge on any atom is -0.385 e. The molecule has 0 saturated heterocycles. The van der Waals surface area contributed by atoms with Crippen LogP contribution in [0.5, 0.6) is 0 Å². The van der Waals surface area contributed by atoms with Gasteiger partial charge >= 0.3 is 0 Å². The Morgan fingerprint density at radius 2 is 2.42 bits per heavy atom. The first-order valence-electron chi connectivity index (χ1n) is 6.79. The van der Waals surface area contributed by atoms with Crippen molar-refractivity contribution in [3.8, 4) is 0 Å². The molecule has 3 N–H and O–H groups in total. The Morgan fingerprint density at radius 1 is 1.58 bits per heavy atom. The lowest BCUT2D eigenvalue weighted by Crippen LogP contribution is -2.33. The van der Waals surface area contributed by atoms with Crippen molar-refractivity contribution in [3.05, 3.63) is 22.4 Å². The molecule has 1 fully saturated rings. The largest absolute Gasteiger partial charge is 0.385 e. The van der Waals surface area contributed by atoms with Crippen LogP contribution in [0, 0.1) is 5.41 Å². The molecule has 2 rings (SSSR count). The van der Waals surface area contributed by atoms with Crippen molar-refractivity contribution in [2.45, 2.75) is 25.7 Å². The highest BCUT2D eigenvalue weighted by Gasteiger charge is 2.41. The van der Waals surface area contributed by atoms with Gasteiger partial charge in [0.25, 0.3) is 0 Å². The molecular formula is C14H23N3OS. The van der Waals surface area contributed by atoms with Crippen LogP contribution in [0.25, 0.3) is 0 Å². The Morgan fingerprint density at radius 3 is 3.05 bits per heavy atom. The van der Waals surface area contributed by atoms with Crippen LogP contribution in [0.3, 0.4) is 0 Å². The number of guanidine groups is 1. The number of rotatable bonds is 8. The molecule has 0 atom stereocenters. The van der Waals surface area contributed by atoms with E-state index < -0.39 is 0 Å². The van der Waals surface area contributed by atoms with Crippen molar-refractivity contribution in [2.75, 3.05) is 26.8 Å². The molecular weight excluding hydrogens is 258 g/mol. The molecule has 0 unspecified atom stereocenters. The summed E-state index contributed by atoms with van der Waals surface area (Å²) < 4.78 is 5.14. The summed E-state index contributed by atoms with van der Waals surface area (Å²) in [5.74, 6) is 0.570. The maximum Gasteiger partial charge on any atom is 0.188 e. The number of hydrogen-bond donors (Lipinski definition) is 2. The second kappa shape index (κ2) is 6.91. The van der Waals surface area contributed by atoms with Gasteiger partial charge in [0.1, 0.15) is 0 Å². The summed E-state index contributed by atoms with van der Waals surface area (Å²) in [4.78, 5) is 5.84. The SMILES string of the molecule is COCCC1(CN=C(N)NCCc2cccs2)CC1. The first-order valence-corrected chi connectivity index (χ1v) is 7.67. The number of nitrogens with one attached hydrogen (secondary N) is 1. The summed E-state index contributed by atoms with van der Waals surface area (Å²) in [6, 6.07) is 4.22. The minimum absolute atomic E-state index is 0.371. The Labute approximate surface area is 119 Å². The van der Waals surface area contributed by atoms with Gasteiger partial charge in [-0.3, -0.25) is 4.99 Å². The number of thiophene rings is 1. The van der Waals surface area contributed by atoms with Crippen molar-refractivity contribution >= 4 is 17.3 Å². The molecule has 5 heteroatoms. The Kier molecular flexibility index (Phi) is 5.22. The van der Waals surface area contributed by atoms with Gasteiger partial charge in [-0.1, -0.05) is 6.07 Å². The van der Waals surface area contributed by atoms with Crippen LogP contribution in [0.1, 0.15) is 24.1 Å². The standard InChI is InChI=1S/C14H23N3OS/c1-18-9-7-14(5-6-14)11-17-13(15)16-8-4-12-3-2-10-19-12/h2-3,10H,4-9,11H2,1H3,(H3,15,16,17). The normalized spacial score (nSPS) is 17.4. The van der Waals surface area contributed by atoms with E-state index in [0.29, 0.717) is 11.4 Å². The van der Waals surface area contributed by atoms with Crippen molar-refractivity contribution in [1.82, 2.24) is 5.32 Å². The van der Waals surface area contributed by atoms with Crippen molar-refractivity contribution in [2.24, 2.45) is 16.1 Å². The van der Waals surface area contributed by atoms with Crippen LogP contribution in [0.4, 0.5) is 0 Å². The highest BCUT2D eigenvalue weighted by atomic mass is 32.1. The molecule has 0 aromatic carbocycles. The molecule has 0 radical (unpaired) electrons. The van der Waals surface area contributed by atoms with E-state index in [1.807, 2.05) is 0 Å². The summed E-state index contributed by atoms with van der Waals surface area (Å²) >= 11 is 1.78. The van der Waals surface area contributed by atoms with Crippen molar-refractivity contribution in [3.63, 3.8) is 0 Å². The van der Waals surface area contributed by atoms with Crippen LogP contribution in [-0.2, 0) is 11.2 Å². The maximum atomic E-state index is 5.89. The molecule has 0 bridgehead atoms. The molecule has 0 aliphatic heterocycles. The topological polar surface area (TPSA) is 59.6 Å². The van der Waals surface area contributed by atoms with Crippen molar-refractivity contribution in [1.29, 1.82) is 0 Å². The lowest BCUT2D eigenvalue weighted by atomic mass is 10.0. The molecule has 106 valence electrons. The number of methoxy groups -OCH3 is 1. The maximum absolute atomic E-state index is 5.89. The molecule has 19 heavy (non-hydrogen) atoms. The highest BCUT2D eigenvalue weighted by Crippen LogP contribution is 2.48.